The largest absolute Gasteiger partial charge is 0.484 e. The van der Waals surface area contributed by atoms with Crippen LogP contribution < -0.4 is 10.1 Å². The molecule has 0 aliphatic heterocycles. The summed E-state index contributed by atoms with van der Waals surface area (Å²) in [5.41, 5.74) is 0.811. The van der Waals surface area contributed by atoms with Crippen LogP contribution in [0.25, 0.3) is 0 Å². The first-order valence-corrected chi connectivity index (χ1v) is 6.52. The number of aromatic nitrogens is 1. The molecule has 0 bridgehead atoms. The van der Waals surface area contributed by atoms with Crippen LogP contribution in [0.3, 0.4) is 0 Å². The van der Waals surface area contributed by atoms with E-state index in [4.69, 9.17) is 0 Å². The van der Waals surface area contributed by atoms with Crippen molar-refractivity contribution in [1.82, 2.24) is 4.98 Å². The third-order valence-corrected chi connectivity index (χ3v) is 2.86. The molecule has 2 rings (SSSR count). The molecule has 7 heteroatoms. The van der Waals surface area contributed by atoms with E-state index in [2.05, 4.69) is 15.0 Å². The maximum atomic E-state index is 13.0. The van der Waals surface area contributed by atoms with Gasteiger partial charge in [-0.25, -0.2) is 4.98 Å². The van der Waals surface area contributed by atoms with E-state index >= 15 is 0 Å². The van der Waals surface area contributed by atoms with Gasteiger partial charge in [0.05, 0.1) is 0 Å². The zero-order valence-corrected chi connectivity index (χ0v) is 11.7. The molecule has 118 valence electrons. The van der Waals surface area contributed by atoms with Crippen LogP contribution in [0.1, 0.15) is 18.5 Å². The third-order valence-electron chi connectivity index (χ3n) is 2.86. The summed E-state index contributed by atoms with van der Waals surface area (Å²) in [4.78, 5) is 3.69. The fourth-order valence-corrected chi connectivity index (χ4v) is 1.81. The van der Waals surface area contributed by atoms with Gasteiger partial charge in [0.15, 0.2) is 6.61 Å². The lowest BCUT2D eigenvalue weighted by molar-refractivity contribution is -0.153. The highest BCUT2D eigenvalue weighted by molar-refractivity contribution is 5.39. The van der Waals surface area contributed by atoms with Crippen LogP contribution in [0.2, 0.25) is 0 Å². The first-order valence-electron chi connectivity index (χ1n) is 6.52. The van der Waals surface area contributed by atoms with E-state index < -0.39 is 18.7 Å². The Morgan fingerprint density at radius 3 is 2.41 bits per heavy atom. The van der Waals surface area contributed by atoms with Gasteiger partial charge in [-0.1, -0.05) is 18.2 Å². The minimum atomic E-state index is -4.36. The molecule has 0 aliphatic carbocycles. The Morgan fingerprint density at radius 1 is 1.14 bits per heavy atom. The SMILES string of the molecule is CC(Nc1cccc(F)n1)c1ccc(OCC(F)(F)F)cc1. The number of ether oxygens (including phenoxy) is 1. The Labute approximate surface area is 124 Å². The molecule has 0 fully saturated rings. The Morgan fingerprint density at radius 2 is 1.82 bits per heavy atom. The molecular weight excluding hydrogens is 300 g/mol. The first kappa shape index (κ1) is 16.1. The van der Waals surface area contributed by atoms with Crippen LogP contribution in [-0.2, 0) is 0 Å². The van der Waals surface area contributed by atoms with Crippen molar-refractivity contribution in [2.75, 3.05) is 11.9 Å². The van der Waals surface area contributed by atoms with Crippen LogP contribution in [0, 0.1) is 5.95 Å². The lowest BCUT2D eigenvalue weighted by Gasteiger charge is -2.16. The average Bonchev–Trinajstić information content (AvgIpc) is 2.45. The molecule has 22 heavy (non-hydrogen) atoms. The minimum Gasteiger partial charge on any atom is -0.484 e. The number of hydrogen-bond donors (Lipinski definition) is 1. The molecule has 2 aromatic rings. The fraction of sp³-hybridized carbons (Fsp3) is 0.267. The van der Waals surface area contributed by atoms with Gasteiger partial charge < -0.3 is 10.1 Å². The lowest BCUT2D eigenvalue weighted by atomic mass is 10.1. The smallest absolute Gasteiger partial charge is 0.422 e. The predicted octanol–water partition coefficient (Wildman–Crippen LogP) is 4.33. The number of nitrogens with one attached hydrogen (secondary N) is 1. The summed E-state index contributed by atoms with van der Waals surface area (Å²) >= 11 is 0. The molecule has 1 aromatic heterocycles. The van der Waals surface area contributed by atoms with E-state index in [0.29, 0.717) is 5.82 Å². The molecule has 1 aromatic carbocycles. The number of alkyl halides is 3. The summed E-state index contributed by atoms with van der Waals surface area (Å²) in [7, 11) is 0. The number of benzene rings is 1. The summed E-state index contributed by atoms with van der Waals surface area (Å²) in [6, 6.07) is 10.4. The van der Waals surface area contributed by atoms with Gasteiger partial charge >= 0.3 is 6.18 Å². The number of hydrogen-bond acceptors (Lipinski definition) is 3. The summed E-state index contributed by atoms with van der Waals surface area (Å²) in [6.45, 7) is 0.505. The molecule has 0 spiro atoms. The Balaban J connectivity index is 1.97. The van der Waals surface area contributed by atoms with Crippen LogP contribution in [-0.4, -0.2) is 17.8 Å². The molecule has 0 amide bonds. The first-order chi connectivity index (χ1) is 10.3. The van der Waals surface area contributed by atoms with Crippen LogP contribution in [0.5, 0.6) is 5.75 Å². The van der Waals surface area contributed by atoms with Gasteiger partial charge in [0, 0.05) is 6.04 Å². The zero-order valence-electron chi connectivity index (χ0n) is 11.7. The third kappa shape index (κ3) is 4.91. The fourth-order valence-electron chi connectivity index (χ4n) is 1.81. The monoisotopic (exact) mass is 314 g/mol. The maximum Gasteiger partial charge on any atom is 0.422 e. The van der Waals surface area contributed by atoms with Crippen molar-refractivity contribution >= 4 is 5.82 Å². The lowest BCUT2D eigenvalue weighted by Crippen LogP contribution is -2.19. The topological polar surface area (TPSA) is 34.2 Å². The standard InChI is InChI=1S/C15H14F4N2O/c1-10(20-14-4-2-3-13(16)21-14)11-5-7-12(8-6-11)22-9-15(17,18)19/h2-8,10H,9H2,1H3,(H,20,21). The van der Waals surface area contributed by atoms with Crippen molar-refractivity contribution in [3.63, 3.8) is 0 Å². The molecule has 3 nitrogen and oxygen atoms in total. The van der Waals surface area contributed by atoms with Crippen LogP contribution in [0.15, 0.2) is 42.5 Å². The van der Waals surface area contributed by atoms with Gasteiger partial charge in [0.25, 0.3) is 0 Å². The van der Waals surface area contributed by atoms with Gasteiger partial charge in [-0.2, -0.15) is 17.6 Å². The molecule has 0 saturated carbocycles. The Hall–Kier alpha value is -2.31. The number of rotatable bonds is 5. The molecule has 1 atom stereocenters. The molecular formula is C15H14F4N2O. The molecule has 0 radical (unpaired) electrons. The highest BCUT2D eigenvalue weighted by Gasteiger charge is 2.28. The van der Waals surface area contributed by atoms with Gasteiger partial charge in [0.1, 0.15) is 11.6 Å². The molecule has 1 unspecified atom stereocenters. The van der Waals surface area contributed by atoms with Gasteiger partial charge in [-0.05, 0) is 36.8 Å². The number of nitrogens with zero attached hydrogens (tertiary/aromatic N) is 1. The van der Waals surface area contributed by atoms with Crippen molar-refractivity contribution in [3.05, 3.63) is 54.0 Å². The van der Waals surface area contributed by atoms with Crippen molar-refractivity contribution in [1.29, 1.82) is 0 Å². The van der Waals surface area contributed by atoms with Crippen molar-refractivity contribution < 1.29 is 22.3 Å². The van der Waals surface area contributed by atoms with E-state index in [1.165, 1.54) is 24.3 Å². The molecule has 1 heterocycles. The van der Waals surface area contributed by atoms with Crippen LogP contribution >= 0.6 is 0 Å². The molecule has 0 saturated heterocycles. The number of anilines is 1. The van der Waals surface area contributed by atoms with E-state index in [0.717, 1.165) is 5.56 Å². The van der Waals surface area contributed by atoms with Gasteiger partial charge in [0.2, 0.25) is 5.95 Å². The van der Waals surface area contributed by atoms with Crippen LogP contribution in [0.4, 0.5) is 23.4 Å². The average molecular weight is 314 g/mol. The zero-order chi connectivity index (χ0) is 16.2. The Bertz CT molecular complexity index is 614. The normalized spacial score (nSPS) is 12.8. The second kappa shape index (κ2) is 6.64. The van der Waals surface area contributed by atoms with Crippen molar-refractivity contribution in [2.24, 2.45) is 0 Å². The van der Waals surface area contributed by atoms with E-state index in [1.807, 2.05) is 6.92 Å². The van der Waals surface area contributed by atoms with E-state index in [9.17, 15) is 17.6 Å². The van der Waals surface area contributed by atoms with E-state index in [1.54, 1.807) is 18.2 Å². The highest BCUT2D eigenvalue weighted by Crippen LogP contribution is 2.22. The summed E-state index contributed by atoms with van der Waals surface area (Å²) in [5, 5.41) is 3.00. The van der Waals surface area contributed by atoms with Crippen molar-refractivity contribution in [3.8, 4) is 5.75 Å². The van der Waals surface area contributed by atoms with E-state index in [-0.39, 0.29) is 11.8 Å². The Kier molecular flexibility index (Phi) is 4.85. The van der Waals surface area contributed by atoms with Gasteiger partial charge in [-0.3, -0.25) is 0 Å². The van der Waals surface area contributed by atoms with Gasteiger partial charge in [-0.15, -0.1) is 0 Å². The quantitative estimate of drug-likeness (QED) is 0.658. The summed E-state index contributed by atoms with van der Waals surface area (Å²) in [6.07, 6.45) is -4.36. The second-order valence-electron chi connectivity index (χ2n) is 4.68. The predicted molar refractivity (Wildman–Crippen MR) is 74.2 cm³/mol. The maximum absolute atomic E-state index is 13.0. The number of halogens is 4. The molecule has 1 N–H and O–H groups in total. The molecule has 0 aliphatic rings. The minimum absolute atomic E-state index is 0.136. The van der Waals surface area contributed by atoms with Crippen molar-refractivity contribution in [2.45, 2.75) is 19.1 Å². The second-order valence-corrected chi connectivity index (χ2v) is 4.68. The summed E-state index contributed by atoms with van der Waals surface area (Å²) < 4.78 is 53.8. The summed E-state index contributed by atoms with van der Waals surface area (Å²) in [5.74, 6) is -0.0739. The highest BCUT2D eigenvalue weighted by atomic mass is 19.4. The number of pyridine rings is 1.